The van der Waals surface area contributed by atoms with Gasteiger partial charge in [0.2, 0.25) is 15.9 Å². The van der Waals surface area contributed by atoms with Gasteiger partial charge in [-0.05, 0) is 49.7 Å². The van der Waals surface area contributed by atoms with E-state index in [-0.39, 0.29) is 23.2 Å². The van der Waals surface area contributed by atoms with Gasteiger partial charge in [0.15, 0.2) is 0 Å². The van der Waals surface area contributed by atoms with Gasteiger partial charge in [-0.2, -0.15) is 0 Å². The second-order valence-electron chi connectivity index (χ2n) is 7.49. The van der Waals surface area contributed by atoms with E-state index in [2.05, 4.69) is 0 Å². The minimum absolute atomic E-state index is 0.0898. The van der Waals surface area contributed by atoms with Gasteiger partial charge in [-0.15, -0.1) is 0 Å². The standard InChI is InChI=1S/C21H26FN3O3S/c1-23(2)29(27,28)18-10-11-20-16(13-18)8-6-12-25(20)21(26)15-24(3)14-17-7-4-5-9-19(17)22/h4-5,7,9-11,13H,6,8,12,14-15H2,1-3H3. The monoisotopic (exact) mass is 419 g/mol. The molecule has 0 aromatic heterocycles. The van der Waals surface area contributed by atoms with E-state index in [1.807, 2.05) is 0 Å². The zero-order valence-corrected chi connectivity index (χ0v) is 17.7. The SMILES string of the molecule is CN(CC(=O)N1CCCc2cc(S(=O)(=O)N(C)C)ccc21)Cc1ccccc1F. The fourth-order valence-corrected chi connectivity index (χ4v) is 4.45. The Morgan fingerprint density at radius 2 is 1.86 bits per heavy atom. The first-order valence-corrected chi connectivity index (χ1v) is 10.9. The lowest BCUT2D eigenvalue weighted by atomic mass is 10.0. The summed E-state index contributed by atoms with van der Waals surface area (Å²) in [5, 5.41) is 0. The number of likely N-dealkylation sites (N-methyl/N-ethyl adjacent to an activating group) is 1. The summed E-state index contributed by atoms with van der Waals surface area (Å²) in [6.45, 7) is 1.06. The van der Waals surface area contributed by atoms with E-state index < -0.39 is 10.0 Å². The second-order valence-corrected chi connectivity index (χ2v) is 9.64. The van der Waals surface area contributed by atoms with Crippen LogP contribution in [0, 0.1) is 5.82 Å². The van der Waals surface area contributed by atoms with Crippen molar-refractivity contribution in [3.05, 3.63) is 59.4 Å². The van der Waals surface area contributed by atoms with Crippen molar-refractivity contribution in [2.45, 2.75) is 24.3 Å². The normalized spacial score (nSPS) is 14.3. The Morgan fingerprint density at radius 3 is 2.55 bits per heavy atom. The van der Waals surface area contributed by atoms with Gasteiger partial charge in [0.25, 0.3) is 0 Å². The molecule has 3 rings (SSSR count). The molecule has 6 nitrogen and oxygen atoms in total. The van der Waals surface area contributed by atoms with Gasteiger partial charge in [-0.25, -0.2) is 17.1 Å². The number of rotatable bonds is 6. The maximum Gasteiger partial charge on any atom is 0.242 e. The maximum atomic E-state index is 13.9. The smallest absolute Gasteiger partial charge is 0.242 e. The molecule has 0 spiro atoms. The molecule has 0 fully saturated rings. The lowest BCUT2D eigenvalue weighted by molar-refractivity contribution is -0.119. The number of anilines is 1. The average molecular weight is 420 g/mol. The molecule has 156 valence electrons. The summed E-state index contributed by atoms with van der Waals surface area (Å²) < 4.78 is 39.8. The zero-order valence-electron chi connectivity index (χ0n) is 16.9. The van der Waals surface area contributed by atoms with E-state index in [1.165, 1.54) is 24.5 Å². The highest BCUT2D eigenvalue weighted by molar-refractivity contribution is 7.89. The Hall–Kier alpha value is -2.29. The maximum absolute atomic E-state index is 13.9. The molecule has 1 amide bonds. The highest BCUT2D eigenvalue weighted by Gasteiger charge is 2.26. The number of hydrogen-bond acceptors (Lipinski definition) is 4. The van der Waals surface area contributed by atoms with Crippen LogP contribution in [0.2, 0.25) is 0 Å². The molecule has 0 radical (unpaired) electrons. The minimum Gasteiger partial charge on any atom is -0.311 e. The quantitative estimate of drug-likeness (QED) is 0.722. The van der Waals surface area contributed by atoms with Crippen LogP contribution in [0.5, 0.6) is 0 Å². The van der Waals surface area contributed by atoms with Crippen LogP contribution in [0.15, 0.2) is 47.4 Å². The van der Waals surface area contributed by atoms with Gasteiger partial charge in [0.1, 0.15) is 5.82 Å². The molecule has 0 aliphatic carbocycles. The lowest BCUT2D eigenvalue weighted by Gasteiger charge is -2.31. The van der Waals surface area contributed by atoms with Gasteiger partial charge in [-0.1, -0.05) is 18.2 Å². The number of sulfonamides is 1. The highest BCUT2D eigenvalue weighted by atomic mass is 32.2. The van der Waals surface area contributed by atoms with Crippen LogP contribution < -0.4 is 4.90 Å². The molecule has 0 unspecified atom stereocenters. The van der Waals surface area contributed by atoms with Crippen molar-refractivity contribution in [1.29, 1.82) is 0 Å². The van der Waals surface area contributed by atoms with Gasteiger partial charge in [-0.3, -0.25) is 9.69 Å². The van der Waals surface area contributed by atoms with Crippen LogP contribution in [0.25, 0.3) is 0 Å². The number of carbonyl (C=O) groups excluding carboxylic acids is 1. The molecule has 8 heteroatoms. The van der Waals surface area contributed by atoms with Gasteiger partial charge < -0.3 is 4.90 Å². The zero-order chi connectivity index (χ0) is 21.2. The summed E-state index contributed by atoms with van der Waals surface area (Å²) in [6, 6.07) is 11.4. The van der Waals surface area contributed by atoms with Crippen LogP contribution in [0.3, 0.4) is 0 Å². The number of hydrogen-bond donors (Lipinski definition) is 0. The van der Waals surface area contributed by atoms with Crippen molar-refractivity contribution in [1.82, 2.24) is 9.21 Å². The molecule has 1 aliphatic rings. The van der Waals surface area contributed by atoms with Crippen molar-refractivity contribution in [2.75, 3.05) is 39.1 Å². The molecule has 29 heavy (non-hydrogen) atoms. The molecule has 0 saturated heterocycles. The van der Waals surface area contributed by atoms with Gasteiger partial charge in [0, 0.05) is 38.4 Å². The summed E-state index contributed by atoms with van der Waals surface area (Å²) in [4.78, 5) is 16.6. The van der Waals surface area contributed by atoms with Crippen LogP contribution in [-0.2, 0) is 27.8 Å². The van der Waals surface area contributed by atoms with Crippen LogP contribution in [0.1, 0.15) is 17.5 Å². The van der Waals surface area contributed by atoms with E-state index >= 15 is 0 Å². The minimum atomic E-state index is -3.52. The number of benzene rings is 2. The van der Waals surface area contributed by atoms with Gasteiger partial charge >= 0.3 is 0 Å². The third-order valence-corrected chi connectivity index (χ3v) is 6.86. The number of amides is 1. The Balaban J connectivity index is 1.76. The second kappa shape index (κ2) is 8.61. The third kappa shape index (κ3) is 4.66. The Labute approximate surface area is 171 Å². The first kappa shape index (κ1) is 21.4. The van der Waals surface area contributed by atoms with Crippen LogP contribution >= 0.6 is 0 Å². The van der Waals surface area contributed by atoms with E-state index in [0.717, 1.165) is 24.1 Å². The van der Waals surface area contributed by atoms with Crippen molar-refractivity contribution in [3.8, 4) is 0 Å². The first-order chi connectivity index (χ1) is 13.7. The molecule has 0 saturated carbocycles. The molecule has 0 N–H and O–H groups in total. The van der Waals surface area contributed by atoms with Gasteiger partial charge in [0.05, 0.1) is 11.4 Å². The average Bonchev–Trinajstić information content (AvgIpc) is 2.68. The van der Waals surface area contributed by atoms with Crippen molar-refractivity contribution >= 4 is 21.6 Å². The number of halogens is 1. The van der Waals surface area contributed by atoms with Crippen molar-refractivity contribution in [3.63, 3.8) is 0 Å². The number of carbonyl (C=O) groups is 1. The van der Waals surface area contributed by atoms with Crippen molar-refractivity contribution < 1.29 is 17.6 Å². The molecule has 2 aromatic carbocycles. The first-order valence-electron chi connectivity index (χ1n) is 9.48. The fraction of sp³-hybridized carbons (Fsp3) is 0.381. The molecule has 1 heterocycles. The van der Waals surface area contributed by atoms with Crippen LogP contribution in [-0.4, -0.2) is 57.8 Å². The van der Waals surface area contributed by atoms with Crippen LogP contribution in [0.4, 0.5) is 10.1 Å². The largest absolute Gasteiger partial charge is 0.311 e. The topological polar surface area (TPSA) is 60.9 Å². The molecule has 2 aromatic rings. The molecular weight excluding hydrogens is 393 g/mol. The van der Waals surface area contributed by atoms with E-state index in [9.17, 15) is 17.6 Å². The predicted molar refractivity (Wildman–Crippen MR) is 111 cm³/mol. The summed E-state index contributed by atoms with van der Waals surface area (Å²) in [6.07, 6.45) is 1.49. The lowest BCUT2D eigenvalue weighted by Crippen LogP contribution is -2.41. The fourth-order valence-electron chi connectivity index (χ4n) is 3.49. The number of fused-ring (bicyclic) bond motifs is 1. The molecular formula is C21H26FN3O3S. The Bertz CT molecular complexity index is 1010. The van der Waals surface area contributed by atoms with E-state index in [0.29, 0.717) is 18.7 Å². The summed E-state index contributed by atoms with van der Waals surface area (Å²) in [7, 11) is 1.25. The third-order valence-electron chi connectivity index (χ3n) is 5.05. The summed E-state index contributed by atoms with van der Waals surface area (Å²) in [5.41, 5.74) is 2.14. The molecule has 1 aliphatic heterocycles. The molecule has 0 atom stereocenters. The Kier molecular flexibility index (Phi) is 6.36. The van der Waals surface area contributed by atoms with Crippen molar-refractivity contribution in [2.24, 2.45) is 0 Å². The van der Waals surface area contributed by atoms with E-state index in [4.69, 9.17) is 0 Å². The number of aryl methyl sites for hydroxylation is 1. The Morgan fingerprint density at radius 1 is 1.14 bits per heavy atom. The molecule has 0 bridgehead atoms. The number of nitrogens with zero attached hydrogens (tertiary/aromatic N) is 3. The summed E-state index contributed by atoms with van der Waals surface area (Å²) in [5.74, 6) is -0.377. The predicted octanol–water partition coefficient (Wildman–Crippen LogP) is 2.49. The van der Waals surface area contributed by atoms with E-state index in [1.54, 1.807) is 53.2 Å². The highest BCUT2D eigenvalue weighted by Crippen LogP contribution is 2.30. The summed E-state index contributed by atoms with van der Waals surface area (Å²) >= 11 is 0.